The topological polar surface area (TPSA) is 24.9 Å². The van der Waals surface area contributed by atoms with Crippen LogP contribution in [0.1, 0.15) is 64.7 Å². The van der Waals surface area contributed by atoms with Gasteiger partial charge in [-0.2, -0.15) is 0 Å². The Balaban J connectivity index is 1.02. The molecule has 4 fully saturated rings. The van der Waals surface area contributed by atoms with Crippen molar-refractivity contribution < 1.29 is 9.47 Å². The minimum absolute atomic E-state index is 0.0252. The molecule has 0 radical (unpaired) electrons. The molecule has 32 heavy (non-hydrogen) atoms. The van der Waals surface area contributed by atoms with Gasteiger partial charge in [-0.05, 0) is 93.9 Å². The molecular weight excluding hydrogens is 396 g/mol. The molecule has 180 valence electrons. The van der Waals surface area contributed by atoms with E-state index in [1.807, 2.05) is 0 Å². The lowest BCUT2D eigenvalue weighted by Gasteiger charge is -2.38. The molecule has 0 aromatic heterocycles. The van der Waals surface area contributed by atoms with Crippen molar-refractivity contribution in [3.05, 3.63) is 23.8 Å². The summed E-state index contributed by atoms with van der Waals surface area (Å²) in [7, 11) is 0. The Morgan fingerprint density at radius 3 is 2.53 bits per heavy atom. The quantitative estimate of drug-likeness (QED) is 0.425. The molecule has 0 N–H and O–H groups in total. The third kappa shape index (κ3) is 5.35. The Morgan fingerprint density at radius 1 is 1.00 bits per heavy atom. The van der Waals surface area contributed by atoms with Gasteiger partial charge in [-0.25, -0.2) is 0 Å². The van der Waals surface area contributed by atoms with Crippen molar-refractivity contribution in [2.75, 3.05) is 59.1 Å². The van der Waals surface area contributed by atoms with Crippen LogP contribution in [0.15, 0.2) is 23.8 Å². The summed E-state index contributed by atoms with van der Waals surface area (Å²) in [6.45, 7) is 12.4. The van der Waals surface area contributed by atoms with E-state index >= 15 is 0 Å². The summed E-state index contributed by atoms with van der Waals surface area (Å²) in [5, 5.41) is 0. The molecule has 2 aliphatic heterocycles. The first-order chi connectivity index (χ1) is 15.8. The molecule has 2 saturated carbocycles. The molecule has 4 atom stereocenters. The molecule has 4 nitrogen and oxygen atoms in total. The molecule has 2 heterocycles. The van der Waals surface area contributed by atoms with Gasteiger partial charge in [0.05, 0.1) is 12.2 Å². The van der Waals surface area contributed by atoms with Crippen molar-refractivity contribution in [1.82, 2.24) is 9.80 Å². The fourth-order valence-corrected chi connectivity index (χ4v) is 7.26. The van der Waals surface area contributed by atoms with Crippen molar-refractivity contribution >= 4 is 0 Å². The molecule has 3 aliphatic carbocycles. The SMILES string of the molecule is CCOC1(C2CCCC2)C=C(CN2C[C@@H]3C(COCCCN4CCCCC4)[C@@H]3C2)C=CC1. The Morgan fingerprint density at radius 2 is 1.78 bits per heavy atom. The maximum absolute atomic E-state index is 6.43. The zero-order valence-corrected chi connectivity index (χ0v) is 20.5. The van der Waals surface area contributed by atoms with E-state index in [-0.39, 0.29) is 5.60 Å². The lowest BCUT2D eigenvalue weighted by Crippen LogP contribution is -2.40. The minimum atomic E-state index is -0.0252. The van der Waals surface area contributed by atoms with Crippen LogP contribution in [0, 0.1) is 23.7 Å². The van der Waals surface area contributed by atoms with Gasteiger partial charge in [-0.1, -0.05) is 31.4 Å². The second-order valence-electron chi connectivity index (χ2n) is 11.2. The van der Waals surface area contributed by atoms with E-state index in [1.165, 1.54) is 89.7 Å². The number of hydrogen-bond donors (Lipinski definition) is 0. The average molecular weight is 443 g/mol. The molecule has 2 saturated heterocycles. The summed E-state index contributed by atoms with van der Waals surface area (Å²) in [5.41, 5.74) is 1.46. The number of piperidine rings is 2. The van der Waals surface area contributed by atoms with Crippen LogP contribution < -0.4 is 0 Å². The highest BCUT2D eigenvalue weighted by Gasteiger charge is 2.55. The molecule has 0 aromatic rings. The molecule has 2 unspecified atom stereocenters. The molecule has 0 spiro atoms. The van der Waals surface area contributed by atoms with Crippen LogP contribution in [0.3, 0.4) is 0 Å². The van der Waals surface area contributed by atoms with Crippen molar-refractivity contribution in [3.63, 3.8) is 0 Å². The summed E-state index contributed by atoms with van der Waals surface area (Å²) in [5.74, 6) is 3.32. The maximum Gasteiger partial charge on any atom is 0.0930 e. The van der Waals surface area contributed by atoms with Crippen LogP contribution in [0.4, 0.5) is 0 Å². The first kappa shape index (κ1) is 23.1. The van der Waals surface area contributed by atoms with Gasteiger partial charge in [0, 0.05) is 39.4 Å². The number of rotatable bonds is 11. The van der Waals surface area contributed by atoms with E-state index in [1.54, 1.807) is 0 Å². The van der Waals surface area contributed by atoms with Gasteiger partial charge in [-0.3, -0.25) is 4.90 Å². The van der Waals surface area contributed by atoms with Crippen molar-refractivity contribution in [2.24, 2.45) is 23.7 Å². The molecule has 4 heteroatoms. The Kier molecular flexibility index (Phi) is 7.73. The first-order valence-electron chi connectivity index (χ1n) is 13.8. The third-order valence-electron chi connectivity index (χ3n) is 9.03. The molecule has 0 bridgehead atoms. The fourth-order valence-electron chi connectivity index (χ4n) is 7.26. The highest BCUT2D eigenvalue weighted by atomic mass is 16.5. The Bertz CT molecular complexity index is 652. The number of ether oxygens (including phenoxy) is 2. The summed E-state index contributed by atoms with van der Waals surface area (Å²) in [6.07, 6.45) is 19.2. The lowest BCUT2D eigenvalue weighted by molar-refractivity contribution is -0.0426. The average Bonchev–Trinajstić information content (AvgIpc) is 3.21. The molecule has 5 rings (SSSR count). The van der Waals surface area contributed by atoms with Crippen LogP contribution in [0.5, 0.6) is 0 Å². The van der Waals surface area contributed by atoms with Gasteiger partial charge < -0.3 is 14.4 Å². The summed E-state index contributed by atoms with van der Waals surface area (Å²) in [6, 6.07) is 0. The predicted molar refractivity (Wildman–Crippen MR) is 131 cm³/mol. The standard InChI is InChI=1S/C28H46N2O2/c1-2-32-28(24-11-4-5-12-24)13-8-10-23(18-28)19-30-20-25-26(21-30)27(25)22-31-17-9-16-29-14-6-3-7-15-29/h8,10,18,24-27H,2-7,9,11-17,19-22H2,1H3/t25-,26+,27?,28?. The van der Waals surface area contributed by atoms with Gasteiger partial charge >= 0.3 is 0 Å². The first-order valence-corrected chi connectivity index (χ1v) is 13.8. The number of fused-ring (bicyclic) bond motifs is 1. The normalized spacial score (nSPS) is 35.9. The highest BCUT2D eigenvalue weighted by molar-refractivity contribution is 5.31. The summed E-state index contributed by atoms with van der Waals surface area (Å²) < 4.78 is 12.5. The van der Waals surface area contributed by atoms with Crippen LogP contribution in [0.2, 0.25) is 0 Å². The van der Waals surface area contributed by atoms with E-state index in [2.05, 4.69) is 35.0 Å². The summed E-state index contributed by atoms with van der Waals surface area (Å²) >= 11 is 0. The van der Waals surface area contributed by atoms with E-state index in [4.69, 9.17) is 9.47 Å². The molecule has 5 aliphatic rings. The predicted octanol–water partition coefficient (Wildman–Crippen LogP) is 4.91. The van der Waals surface area contributed by atoms with Crippen molar-refractivity contribution in [1.29, 1.82) is 0 Å². The maximum atomic E-state index is 6.43. The highest BCUT2D eigenvalue weighted by Crippen LogP contribution is 2.52. The third-order valence-corrected chi connectivity index (χ3v) is 9.03. The summed E-state index contributed by atoms with van der Waals surface area (Å²) in [4.78, 5) is 5.31. The van der Waals surface area contributed by atoms with Crippen LogP contribution >= 0.6 is 0 Å². The number of likely N-dealkylation sites (tertiary alicyclic amines) is 2. The Hall–Kier alpha value is -0.680. The second-order valence-corrected chi connectivity index (χ2v) is 11.2. The van der Waals surface area contributed by atoms with Gasteiger partial charge in [0.2, 0.25) is 0 Å². The van der Waals surface area contributed by atoms with E-state index < -0.39 is 0 Å². The Labute approximate surface area is 196 Å². The van der Waals surface area contributed by atoms with Crippen molar-refractivity contribution in [2.45, 2.75) is 70.3 Å². The zero-order valence-electron chi connectivity index (χ0n) is 20.5. The van der Waals surface area contributed by atoms with Gasteiger partial charge in [-0.15, -0.1) is 0 Å². The molecule has 0 amide bonds. The van der Waals surface area contributed by atoms with Crippen molar-refractivity contribution in [3.8, 4) is 0 Å². The smallest absolute Gasteiger partial charge is 0.0930 e. The number of hydrogen-bond acceptors (Lipinski definition) is 4. The largest absolute Gasteiger partial charge is 0.381 e. The number of nitrogens with zero attached hydrogens (tertiary/aromatic N) is 2. The minimum Gasteiger partial charge on any atom is -0.381 e. The lowest BCUT2D eigenvalue weighted by atomic mass is 9.79. The molecule has 0 aromatic carbocycles. The van der Waals surface area contributed by atoms with E-state index in [0.717, 1.165) is 50.5 Å². The van der Waals surface area contributed by atoms with Crippen LogP contribution in [0.25, 0.3) is 0 Å². The zero-order chi connectivity index (χ0) is 21.8. The van der Waals surface area contributed by atoms with Crippen LogP contribution in [-0.2, 0) is 9.47 Å². The van der Waals surface area contributed by atoms with Crippen LogP contribution in [-0.4, -0.2) is 74.5 Å². The van der Waals surface area contributed by atoms with Gasteiger partial charge in [0.1, 0.15) is 0 Å². The van der Waals surface area contributed by atoms with Gasteiger partial charge in [0.15, 0.2) is 0 Å². The monoisotopic (exact) mass is 442 g/mol. The fraction of sp³-hybridized carbons (Fsp3) is 0.857. The van der Waals surface area contributed by atoms with Gasteiger partial charge in [0.25, 0.3) is 0 Å². The molecular formula is C28H46N2O2. The second kappa shape index (κ2) is 10.7. The van der Waals surface area contributed by atoms with E-state index in [9.17, 15) is 0 Å². The van der Waals surface area contributed by atoms with E-state index in [0.29, 0.717) is 5.92 Å².